The highest BCUT2D eigenvalue weighted by atomic mass is 32.2. The largest absolute Gasteiger partial charge is 0.456 e. The highest BCUT2D eigenvalue weighted by Gasteiger charge is 2.15. The molecule has 1 unspecified atom stereocenters. The fraction of sp³-hybridized carbons (Fsp3) is 0.345. The first-order valence-electron chi connectivity index (χ1n) is 12.5. The predicted molar refractivity (Wildman–Crippen MR) is 151 cm³/mol. The Hall–Kier alpha value is -3.59. The fourth-order valence-electron chi connectivity index (χ4n) is 3.64. The first kappa shape index (κ1) is 29.0. The average molecular weight is 539 g/mol. The van der Waals surface area contributed by atoms with Crippen LogP contribution in [0.5, 0.6) is 11.5 Å². The predicted octanol–water partition coefficient (Wildman–Crippen LogP) is 6.76. The van der Waals surface area contributed by atoms with Gasteiger partial charge in [0.1, 0.15) is 17.3 Å². The quantitative estimate of drug-likeness (QED) is 0.263. The maximum absolute atomic E-state index is 14.4. The number of nitrogens with one attached hydrogen (secondary N) is 1. The summed E-state index contributed by atoms with van der Waals surface area (Å²) in [6.45, 7) is 13.6. The van der Waals surface area contributed by atoms with Crippen molar-refractivity contribution in [3.8, 4) is 11.5 Å². The smallest absolute Gasteiger partial charge is 0.211 e. The molecule has 0 saturated carbocycles. The summed E-state index contributed by atoms with van der Waals surface area (Å²) >= 11 is 0. The molecule has 0 aliphatic carbocycles. The molecular weight excluding hydrogens is 503 g/mol. The zero-order valence-electron chi connectivity index (χ0n) is 22.9. The summed E-state index contributed by atoms with van der Waals surface area (Å²) in [6, 6.07) is 10.8. The van der Waals surface area contributed by atoms with E-state index in [0.717, 1.165) is 21.5 Å². The molecule has 4 aromatic rings. The highest BCUT2D eigenvalue weighted by molar-refractivity contribution is 7.85. The monoisotopic (exact) mass is 538 g/mol. The Kier molecular flexibility index (Phi) is 9.38. The molecule has 2 aromatic carbocycles. The van der Waals surface area contributed by atoms with Gasteiger partial charge in [0, 0.05) is 33.5 Å². The molecular formula is C29H35FN4O3S. The van der Waals surface area contributed by atoms with Gasteiger partial charge in [0.15, 0.2) is 0 Å². The van der Waals surface area contributed by atoms with Crippen LogP contribution >= 0.6 is 0 Å². The van der Waals surface area contributed by atoms with Gasteiger partial charge in [0.2, 0.25) is 6.41 Å². The third kappa shape index (κ3) is 6.83. The van der Waals surface area contributed by atoms with E-state index in [2.05, 4.69) is 15.4 Å². The SMILES string of the molecule is CC(C)(C)n1cc(NC=O)cn1.CCc1ccc(Oc2ccnc3ccc(S(=O)C(C)C)cc23)c(C)c1F. The maximum atomic E-state index is 14.4. The molecule has 1 N–H and O–H groups in total. The topological polar surface area (TPSA) is 86.1 Å². The molecule has 2 heterocycles. The number of carbonyl (C=O) groups is 1. The molecule has 2 aromatic heterocycles. The van der Waals surface area contributed by atoms with E-state index >= 15 is 0 Å². The number of amides is 1. The summed E-state index contributed by atoms with van der Waals surface area (Å²) in [5.74, 6) is 0.817. The van der Waals surface area contributed by atoms with Gasteiger partial charge in [-0.1, -0.05) is 26.8 Å². The van der Waals surface area contributed by atoms with Crippen molar-refractivity contribution in [2.75, 3.05) is 5.32 Å². The van der Waals surface area contributed by atoms with Gasteiger partial charge >= 0.3 is 0 Å². The average Bonchev–Trinajstić information content (AvgIpc) is 3.36. The van der Waals surface area contributed by atoms with Crippen LogP contribution in [0.1, 0.15) is 52.7 Å². The van der Waals surface area contributed by atoms with Crippen LogP contribution in [0.4, 0.5) is 10.1 Å². The number of ether oxygens (including phenoxy) is 1. The van der Waals surface area contributed by atoms with Crippen LogP contribution in [0, 0.1) is 12.7 Å². The van der Waals surface area contributed by atoms with Gasteiger partial charge in [0.05, 0.1) is 33.7 Å². The van der Waals surface area contributed by atoms with Crippen molar-refractivity contribution in [3.63, 3.8) is 0 Å². The second kappa shape index (κ2) is 12.3. The van der Waals surface area contributed by atoms with E-state index in [1.165, 1.54) is 0 Å². The minimum Gasteiger partial charge on any atom is -0.456 e. The first-order chi connectivity index (χ1) is 18.0. The molecule has 0 bridgehead atoms. The minimum absolute atomic E-state index is 0.0198. The van der Waals surface area contributed by atoms with E-state index in [1.807, 2.05) is 59.7 Å². The van der Waals surface area contributed by atoms with Crippen molar-refractivity contribution in [1.82, 2.24) is 14.8 Å². The van der Waals surface area contributed by atoms with Gasteiger partial charge in [0.25, 0.3) is 0 Å². The maximum Gasteiger partial charge on any atom is 0.211 e. The number of halogens is 1. The van der Waals surface area contributed by atoms with E-state index in [0.29, 0.717) is 35.5 Å². The lowest BCUT2D eigenvalue weighted by Gasteiger charge is -2.18. The van der Waals surface area contributed by atoms with E-state index in [-0.39, 0.29) is 16.6 Å². The Morgan fingerprint density at radius 3 is 2.50 bits per heavy atom. The molecule has 0 aliphatic heterocycles. The van der Waals surface area contributed by atoms with Gasteiger partial charge < -0.3 is 10.1 Å². The zero-order chi connectivity index (χ0) is 28.0. The molecule has 0 saturated heterocycles. The Morgan fingerprint density at radius 2 is 1.89 bits per heavy atom. The fourth-order valence-corrected chi connectivity index (χ4v) is 4.62. The number of nitrogens with zero attached hydrogens (tertiary/aromatic N) is 3. The number of fused-ring (bicyclic) bond motifs is 1. The standard InChI is InChI=1S/C21H22FNO2S.C8H13N3O/c1-5-15-6-9-19(14(4)21(15)22)25-20-10-11-23-18-8-7-16(12-17(18)20)26(24)13(2)3;1-8(2,3)11-5-7(4-10-11)9-6-12/h6-13H,5H2,1-4H3;4-6H,1-3H3,(H,9,12). The van der Waals surface area contributed by atoms with E-state index in [1.54, 1.807) is 48.4 Å². The number of aryl methyl sites for hydroxylation is 1. The van der Waals surface area contributed by atoms with Crippen molar-refractivity contribution in [1.29, 1.82) is 0 Å². The van der Waals surface area contributed by atoms with Crippen molar-refractivity contribution in [3.05, 3.63) is 71.9 Å². The van der Waals surface area contributed by atoms with Crippen LogP contribution in [0.15, 0.2) is 59.9 Å². The number of hydrogen-bond acceptors (Lipinski definition) is 5. The third-order valence-electron chi connectivity index (χ3n) is 5.85. The molecule has 1 atom stereocenters. The number of anilines is 1. The van der Waals surface area contributed by atoms with Crippen LogP contribution < -0.4 is 10.1 Å². The lowest BCUT2D eigenvalue weighted by atomic mass is 10.1. The van der Waals surface area contributed by atoms with Crippen LogP contribution in [-0.4, -0.2) is 30.6 Å². The normalized spacial score (nSPS) is 12.1. The molecule has 0 radical (unpaired) electrons. The van der Waals surface area contributed by atoms with Gasteiger partial charge in [-0.05, 0) is 70.0 Å². The molecule has 38 heavy (non-hydrogen) atoms. The Balaban J connectivity index is 0.000000279. The zero-order valence-corrected chi connectivity index (χ0v) is 23.7. The number of hydrogen-bond donors (Lipinski definition) is 1. The minimum atomic E-state index is -1.10. The molecule has 0 fully saturated rings. The third-order valence-corrected chi connectivity index (χ3v) is 7.42. The van der Waals surface area contributed by atoms with Crippen molar-refractivity contribution in [2.45, 2.75) is 70.6 Å². The summed E-state index contributed by atoms with van der Waals surface area (Å²) in [5.41, 5.74) is 2.58. The number of carbonyl (C=O) groups excluding carboxylic acids is 1. The highest BCUT2D eigenvalue weighted by Crippen LogP contribution is 2.33. The Labute approximate surface area is 225 Å². The van der Waals surface area contributed by atoms with Crippen LogP contribution in [0.2, 0.25) is 0 Å². The van der Waals surface area contributed by atoms with Crippen LogP contribution in [0.25, 0.3) is 10.9 Å². The lowest BCUT2D eigenvalue weighted by Crippen LogP contribution is -2.21. The molecule has 0 spiro atoms. The number of pyridine rings is 1. The van der Waals surface area contributed by atoms with Crippen LogP contribution in [-0.2, 0) is 27.6 Å². The van der Waals surface area contributed by atoms with Gasteiger partial charge in [-0.15, -0.1) is 0 Å². The van der Waals surface area contributed by atoms with Crippen molar-refractivity contribution >= 4 is 33.8 Å². The number of benzene rings is 2. The molecule has 7 nitrogen and oxygen atoms in total. The summed E-state index contributed by atoms with van der Waals surface area (Å²) in [4.78, 5) is 15.2. The summed E-state index contributed by atoms with van der Waals surface area (Å²) in [5, 5.41) is 7.42. The van der Waals surface area contributed by atoms with Crippen LogP contribution in [0.3, 0.4) is 0 Å². The second-order valence-electron chi connectivity index (χ2n) is 10.1. The van der Waals surface area contributed by atoms with E-state index in [9.17, 15) is 13.4 Å². The molecule has 9 heteroatoms. The van der Waals surface area contributed by atoms with Gasteiger partial charge in [-0.3, -0.25) is 18.7 Å². The Bertz CT molecular complexity index is 1440. The number of aromatic nitrogens is 3. The first-order valence-corrected chi connectivity index (χ1v) is 13.7. The summed E-state index contributed by atoms with van der Waals surface area (Å²) in [7, 11) is -1.10. The number of rotatable bonds is 7. The van der Waals surface area contributed by atoms with Crippen molar-refractivity contribution < 1.29 is 18.1 Å². The summed E-state index contributed by atoms with van der Waals surface area (Å²) in [6.07, 6.45) is 6.36. The molecule has 1 amide bonds. The second-order valence-corrected chi connectivity index (χ2v) is 12.1. The molecule has 0 aliphatic rings. The van der Waals surface area contributed by atoms with E-state index in [4.69, 9.17) is 4.74 Å². The summed E-state index contributed by atoms with van der Waals surface area (Å²) < 4.78 is 34.7. The molecule has 4 rings (SSSR count). The van der Waals surface area contributed by atoms with Crippen molar-refractivity contribution in [2.24, 2.45) is 0 Å². The molecule has 202 valence electrons. The van der Waals surface area contributed by atoms with Gasteiger partial charge in [-0.2, -0.15) is 5.10 Å². The lowest BCUT2D eigenvalue weighted by molar-refractivity contribution is -0.105. The van der Waals surface area contributed by atoms with Gasteiger partial charge in [-0.25, -0.2) is 4.39 Å². The Morgan fingerprint density at radius 1 is 1.16 bits per heavy atom. The van der Waals surface area contributed by atoms with E-state index < -0.39 is 10.8 Å².